The molecule has 5 heteroatoms. The summed E-state index contributed by atoms with van der Waals surface area (Å²) < 4.78 is 0. The molecule has 0 spiro atoms. The van der Waals surface area contributed by atoms with Gasteiger partial charge in [0.2, 0.25) is 5.91 Å². The third kappa shape index (κ3) is 3.28. The number of fused-ring (bicyclic) bond motifs is 1. The van der Waals surface area contributed by atoms with Gasteiger partial charge in [-0.15, -0.1) is 0 Å². The summed E-state index contributed by atoms with van der Waals surface area (Å²) >= 11 is 0. The molecule has 0 atom stereocenters. The molecule has 2 aliphatic rings. The Morgan fingerprint density at radius 3 is 2.57 bits per heavy atom. The quantitative estimate of drug-likeness (QED) is 0.868. The van der Waals surface area contributed by atoms with Crippen LogP contribution in [0.4, 0.5) is 0 Å². The molecule has 0 unspecified atom stereocenters. The zero-order chi connectivity index (χ0) is 16.4. The van der Waals surface area contributed by atoms with Gasteiger partial charge in [0.05, 0.1) is 11.1 Å². The van der Waals surface area contributed by atoms with Gasteiger partial charge in [-0.2, -0.15) is 0 Å². The van der Waals surface area contributed by atoms with Crippen molar-refractivity contribution in [1.82, 2.24) is 10.2 Å². The minimum atomic E-state index is -0.296. The van der Waals surface area contributed by atoms with E-state index in [2.05, 4.69) is 5.32 Å². The number of nitrogens with one attached hydrogen (secondary N) is 1. The number of hydrogen-bond acceptors (Lipinski definition) is 3. The van der Waals surface area contributed by atoms with Crippen LogP contribution in [0.5, 0.6) is 0 Å². The minimum absolute atomic E-state index is 0.0790. The molecule has 1 aromatic carbocycles. The Labute approximate surface area is 136 Å². The van der Waals surface area contributed by atoms with E-state index >= 15 is 0 Å². The number of imide groups is 1. The van der Waals surface area contributed by atoms with Crippen molar-refractivity contribution in [1.29, 1.82) is 0 Å². The second kappa shape index (κ2) is 6.52. The van der Waals surface area contributed by atoms with Crippen molar-refractivity contribution in [2.45, 2.75) is 51.5 Å². The van der Waals surface area contributed by atoms with E-state index in [1.165, 1.54) is 11.3 Å². The molecule has 0 saturated heterocycles. The number of carbonyl (C=O) groups excluding carboxylic acids is 3. The van der Waals surface area contributed by atoms with Crippen molar-refractivity contribution in [2.75, 3.05) is 6.54 Å². The van der Waals surface area contributed by atoms with Gasteiger partial charge in [0, 0.05) is 19.0 Å². The standard InChI is InChI=1S/C18H22N2O3/c1-12-7-8-14-15(11-12)18(23)20(17(14)22)10-9-16(21)19-13-5-3-2-4-6-13/h7-8,11,13H,2-6,9-10H2,1H3,(H,19,21). The average molecular weight is 314 g/mol. The molecule has 1 aliphatic carbocycles. The summed E-state index contributed by atoms with van der Waals surface area (Å²) in [5.41, 5.74) is 1.83. The Bertz CT molecular complexity index is 648. The molecule has 1 aromatic rings. The lowest BCUT2D eigenvalue weighted by Gasteiger charge is -2.23. The highest BCUT2D eigenvalue weighted by Crippen LogP contribution is 2.24. The fourth-order valence-electron chi connectivity index (χ4n) is 3.37. The first-order valence-electron chi connectivity index (χ1n) is 8.32. The van der Waals surface area contributed by atoms with Crippen LogP contribution in [-0.2, 0) is 4.79 Å². The molecular weight excluding hydrogens is 292 g/mol. The van der Waals surface area contributed by atoms with Crippen LogP contribution in [0.15, 0.2) is 18.2 Å². The maximum absolute atomic E-state index is 12.3. The minimum Gasteiger partial charge on any atom is -0.353 e. The van der Waals surface area contributed by atoms with Crippen molar-refractivity contribution in [2.24, 2.45) is 0 Å². The van der Waals surface area contributed by atoms with E-state index < -0.39 is 0 Å². The number of amides is 3. The highest BCUT2D eigenvalue weighted by molar-refractivity contribution is 6.21. The first-order chi connectivity index (χ1) is 11.1. The third-order valence-electron chi connectivity index (χ3n) is 4.66. The molecule has 0 radical (unpaired) electrons. The molecule has 1 N–H and O–H groups in total. The van der Waals surface area contributed by atoms with Gasteiger partial charge in [0.15, 0.2) is 0 Å². The predicted molar refractivity (Wildman–Crippen MR) is 86.2 cm³/mol. The zero-order valence-corrected chi connectivity index (χ0v) is 13.4. The fraction of sp³-hybridized carbons (Fsp3) is 0.500. The van der Waals surface area contributed by atoms with Gasteiger partial charge in [-0.05, 0) is 31.9 Å². The first kappa shape index (κ1) is 15.7. The van der Waals surface area contributed by atoms with E-state index in [0.29, 0.717) is 11.1 Å². The van der Waals surface area contributed by atoms with E-state index in [1.54, 1.807) is 12.1 Å². The van der Waals surface area contributed by atoms with Gasteiger partial charge in [-0.3, -0.25) is 19.3 Å². The van der Waals surface area contributed by atoms with Crippen LogP contribution in [0.3, 0.4) is 0 Å². The van der Waals surface area contributed by atoms with Gasteiger partial charge in [-0.1, -0.05) is 30.9 Å². The summed E-state index contributed by atoms with van der Waals surface area (Å²) in [6, 6.07) is 5.50. The topological polar surface area (TPSA) is 66.5 Å². The average Bonchev–Trinajstić information content (AvgIpc) is 2.77. The summed E-state index contributed by atoms with van der Waals surface area (Å²) in [4.78, 5) is 37.9. The van der Waals surface area contributed by atoms with Crippen LogP contribution >= 0.6 is 0 Å². The molecule has 0 aromatic heterocycles. The lowest BCUT2D eigenvalue weighted by molar-refractivity contribution is -0.122. The molecule has 1 aliphatic heterocycles. The normalized spacial score (nSPS) is 18.2. The molecule has 3 rings (SSSR count). The predicted octanol–water partition coefficient (Wildman–Crippen LogP) is 2.43. The molecule has 1 fully saturated rings. The van der Waals surface area contributed by atoms with Crippen LogP contribution < -0.4 is 5.32 Å². The van der Waals surface area contributed by atoms with Crippen LogP contribution in [0.2, 0.25) is 0 Å². The van der Waals surface area contributed by atoms with Crippen LogP contribution in [0, 0.1) is 6.92 Å². The van der Waals surface area contributed by atoms with Gasteiger partial charge in [-0.25, -0.2) is 0 Å². The van der Waals surface area contributed by atoms with Crippen molar-refractivity contribution in [3.63, 3.8) is 0 Å². The Morgan fingerprint density at radius 2 is 1.83 bits per heavy atom. The van der Waals surface area contributed by atoms with Gasteiger partial charge in [0.25, 0.3) is 11.8 Å². The van der Waals surface area contributed by atoms with E-state index in [0.717, 1.165) is 31.2 Å². The third-order valence-corrected chi connectivity index (χ3v) is 4.66. The zero-order valence-electron chi connectivity index (χ0n) is 13.4. The van der Waals surface area contributed by atoms with Crippen molar-refractivity contribution in [3.8, 4) is 0 Å². The summed E-state index contributed by atoms with van der Waals surface area (Å²) in [6.07, 6.45) is 5.77. The van der Waals surface area contributed by atoms with E-state index in [1.807, 2.05) is 13.0 Å². The number of aryl methyl sites for hydroxylation is 1. The van der Waals surface area contributed by atoms with E-state index in [9.17, 15) is 14.4 Å². The number of rotatable bonds is 4. The van der Waals surface area contributed by atoms with Crippen LogP contribution in [0.25, 0.3) is 0 Å². The highest BCUT2D eigenvalue weighted by Gasteiger charge is 2.35. The Morgan fingerprint density at radius 1 is 1.13 bits per heavy atom. The molecule has 1 saturated carbocycles. The highest BCUT2D eigenvalue weighted by atomic mass is 16.2. The Kier molecular flexibility index (Phi) is 4.46. The van der Waals surface area contributed by atoms with Crippen molar-refractivity contribution >= 4 is 17.7 Å². The Balaban J connectivity index is 1.57. The maximum atomic E-state index is 12.3. The molecule has 3 amide bonds. The van der Waals surface area contributed by atoms with Crippen molar-refractivity contribution in [3.05, 3.63) is 34.9 Å². The van der Waals surface area contributed by atoms with Gasteiger partial charge in [0.1, 0.15) is 0 Å². The lowest BCUT2D eigenvalue weighted by Crippen LogP contribution is -2.39. The molecule has 5 nitrogen and oxygen atoms in total. The summed E-state index contributed by atoms with van der Waals surface area (Å²) in [5, 5.41) is 3.01. The largest absolute Gasteiger partial charge is 0.353 e. The number of nitrogens with zero attached hydrogens (tertiary/aromatic N) is 1. The second-order valence-corrected chi connectivity index (χ2v) is 6.46. The van der Waals surface area contributed by atoms with Crippen LogP contribution in [-0.4, -0.2) is 35.2 Å². The SMILES string of the molecule is Cc1ccc2c(c1)C(=O)N(CCC(=O)NC1CCCCC1)C2=O. The number of benzene rings is 1. The smallest absolute Gasteiger partial charge is 0.261 e. The van der Waals surface area contributed by atoms with Crippen LogP contribution in [0.1, 0.15) is 64.8 Å². The fourth-order valence-corrected chi connectivity index (χ4v) is 3.37. The monoisotopic (exact) mass is 314 g/mol. The Hall–Kier alpha value is -2.17. The number of carbonyl (C=O) groups is 3. The lowest BCUT2D eigenvalue weighted by atomic mass is 9.95. The summed E-state index contributed by atoms with van der Waals surface area (Å²) in [7, 11) is 0. The van der Waals surface area contributed by atoms with Crippen molar-refractivity contribution < 1.29 is 14.4 Å². The first-order valence-corrected chi connectivity index (χ1v) is 8.32. The van der Waals surface area contributed by atoms with Gasteiger partial charge < -0.3 is 5.32 Å². The summed E-state index contributed by atoms with van der Waals surface area (Å²) in [5.74, 6) is -0.667. The van der Waals surface area contributed by atoms with E-state index in [4.69, 9.17) is 0 Å². The summed E-state index contributed by atoms with van der Waals surface area (Å²) in [6.45, 7) is 2.03. The molecule has 23 heavy (non-hydrogen) atoms. The maximum Gasteiger partial charge on any atom is 0.261 e. The molecule has 0 bridgehead atoms. The molecule has 122 valence electrons. The number of hydrogen-bond donors (Lipinski definition) is 1. The van der Waals surface area contributed by atoms with E-state index in [-0.39, 0.29) is 36.7 Å². The molecule has 1 heterocycles. The molecular formula is C18H22N2O3. The van der Waals surface area contributed by atoms with Gasteiger partial charge >= 0.3 is 0 Å². The second-order valence-electron chi connectivity index (χ2n) is 6.46.